The molecule has 98 valence electrons. The molecule has 1 aliphatic rings. The van der Waals surface area contributed by atoms with Gasteiger partial charge < -0.3 is 5.43 Å². The van der Waals surface area contributed by atoms with Gasteiger partial charge in [-0.25, -0.2) is 4.98 Å². The van der Waals surface area contributed by atoms with Gasteiger partial charge in [0.15, 0.2) is 5.84 Å². The van der Waals surface area contributed by atoms with Crippen molar-refractivity contribution >= 4 is 32.8 Å². The fraction of sp³-hybridized carbons (Fsp3) is 0.0667. The van der Waals surface area contributed by atoms with E-state index in [0.717, 1.165) is 32.7 Å². The average molecular weight is 327 g/mol. The third-order valence-electron chi connectivity index (χ3n) is 3.37. The van der Waals surface area contributed by atoms with E-state index < -0.39 is 0 Å². The van der Waals surface area contributed by atoms with Crippen molar-refractivity contribution in [1.82, 2.24) is 15.0 Å². The maximum Gasteiger partial charge on any atom is 0.165 e. The molecule has 0 unspecified atom stereocenters. The van der Waals surface area contributed by atoms with Crippen molar-refractivity contribution in [3.63, 3.8) is 0 Å². The topological polar surface area (TPSA) is 42.2 Å². The molecule has 2 aromatic carbocycles. The van der Waals surface area contributed by atoms with E-state index in [2.05, 4.69) is 54.2 Å². The van der Waals surface area contributed by atoms with E-state index in [0.29, 0.717) is 6.54 Å². The number of fused-ring (bicyclic) bond motifs is 3. The number of halogens is 1. The summed E-state index contributed by atoms with van der Waals surface area (Å²) in [6.07, 6.45) is 0. The van der Waals surface area contributed by atoms with E-state index in [-0.39, 0.29) is 0 Å². The number of aromatic nitrogens is 2. The number of nitrogens with zero attached hydrogens (tertiary/aromatic N) is 3. The number of rotatable bonds is 1. The summed E-state index contributed by atoms with van der Waals surface area (Å²) in [5.41, 5.74) is 6.20. The van der Waals surface area contributed by atoms with Crippen molar-refractivity contribution < 1.29 is 0 Å². The second-order valence-corrected chi connectivity index (χ2v) is 5.55. The van der Waals surface area contributed by atoms with E-state index in [4.69, 9.17) is 0 Å². The summed E-state index contributed by atoms with van der Waals surface area (Å²) < 4.78 is 3.18. The quantitative estimate of drug-likeness (QED) is 0.746. The van der Waals surface area contributed by atoms with Crippen LogP contribution in [-0.4, -0.2) is 15.4 Å². The molecule has 0 aliphatic carbocycles. The van der Waals surface area contributed by atoms with Gasteiger partial charge in [-0.05, 0) is 24.3 Å². The molecule has 0 bridgehead atoms. The summed E-state index contributed by atoms with van der Waals surface area (Å²) in [5.74, 6) is 1.87. The Labute approximate surface area is 124 Å². The number of imidazole rings is 1. The molecule has 0 radical (unpaired) electrons. The Kier molecular flexibility index (Phi) is 2.60. The number of hydrogen-bond donors (Lipinski definition) is 1. The lowest BCUT2D eigenvalue weighted by Gasteiger charge is -2.17. The van der Waals surface area contributed by atoms with Gasteiger partial charge in [0, 0.05) is 10.0 Å². The first-order valence-electron chi connectivity index (χ1n) is 6.36. The molecule has 2 heterocycles. The molecular weight excluding hydrogens is 316 g/mol. The van der Waals surface area contributed by atoms with Crippen LogP contribution in [0.15, 0.2) is 58.1 Å². The highest BCUT2D eigenvalue weighted by Gasteiger charge is 2.19. The minimum atomic E-state index is 0.648. The lowest BCUT2D eigenvalue weighted by molar-refractivity contribution is 0.668. The van der Waals surface area contributed by atoms with Gasteiger partial charge in [0.2, 0.25) is 0 Å². The first kappa shape index (κ1) is 11.7. The third kappa shape index (κ3) is 1.74. The molecule has 0 fully saturated rings. The van der Waals surface area contributed by atoms with Gasteiger partial charge in [-0.15, -0.1) is 0 Å². The highest BCUT2D eigenvalue weighted by Crippen LogP contribution is 2.21. The number of benzene rings is 2. The summed E-state index contributed by atoms with van der Waals surface area (Å²) in [6, 6.07) is 16.3. The molecule has 0 saturated carbocycles. The Morgan fingerprint density at radius 2 is 1.85 bits per heavy atom. The van der Waals surface area contributed by atoms with Crippen molar-refractivity contribution in [3.05, 3.63) is 64.4 Å². The van der Waals surface area contributed by atoms with Crippen LogP contribution in [0.1, 0.15) is 11.4 Å². The van der Waals surface area contributed by atoms with Crippen molar-refractivity contribution in [2.24, 2.45) is 5.10 Å². The third-order valence-corrected chi connectivity index (χ3v) is 3.90. The Morgan fingerprint density at radius 1 is 1.05 bits per heavy atom. The van der Waals surface area contributed by atoms with Gasteiger partial charge in [-0.3, -0.25) is 4.57 Å². The van der Waals surface area contributed by atoms with Gasteiger partial charge in [0.1, 0.15) is 5.82 Å². The van der Waals surface area contributed by atoms with Crippen LogP contribution >= 0.6 is 15.9 Å². The predicted octanol–water partition coefficient (Wildman–Crippen LogP) is 3.11. The second-order valence-electron chi connectivity index (χ2n) is 4.63. The minimum absolute atomic E-state index is 0.648. The van der Waals surface area contributed by atoms with Gasteiger partial charge in [0.05, 0.1) is 17.6 Å². The monoisotopic (exact) mass is 326 g/mol. The fourth-order valence-corrected chi connectivity index (χ4v) is 2.72. The molecule has 1 N–H and O–H groups in total. The molecule has 1 aromatic heterocycles. The molecule has 3 aromatic rings. The molecule has 5 heteroatoms. The molecular formula is C15H11BrN4. The summed E-state index contributed by atoms with van der Waals surface area (Å²) >= 11 is 3.46. The zero-order valence-electron chi connectivity index (χ0n) is 10.5. The zero-order valence-corrected chi connectivity index (χ0v) is 12.1. The Hall–Kier alpha value is -2.14. The molecule has 0 amide bonds. The van der Waals surface area contributed by atoms with Gasteiger partial charge >= 0.3 is 0 Å². The first-order valence-corrected chi connectivity index (χ1v) is 7.15. The van der Waals surface area contributed by atoms with E-state index in [1.54, 1.807) is 0 Å². The molecule has 0 spiro atoms. The maximum absolute atomic E-state index is 4.66. The van der Waals surface area contributed by atoms with E-state index in [9.17, 15) is 0 Å². The van der Waals surface area contributed by atoms with Crippen LogP contribution < -0.4 is 5.43 Å². The largest absolute Gasteiger partial charge is 0.300 e. The van der Waals surface area contributed by atoms with Crippen LogP contribution in [0.2, 0.25) is 0 Å². The zero-order chi connectivity index (χ0) is 13.5. The first-order chi connectivity index (χ1) is 9.83. The summed E-state index contributed by atoms with van der Waals surface area (Å²) in [7, 11) is 0. The van der Waals surface area contributed by atoms with Gasteiger partial charge in [-0.1, -0.05) is 40.2 Å². The Balaban J connectivity index is 1.95. The lowest BCUT2D eigenvalue weighted by atomic mass is 10.2. The molecule has 4 nitrogen and oxygen atoms in total. The highest BCUT2D eigenvalue weighted by atomic mass is 79.9. The number of nitrogens with one attached hydrogen (secondary N) is 1. The Bertz CT molecular complexity index is 818. The Morgan fingerprint density at radius 3 is 2.70 bits per heavy atom. The van der Waals surface area contributed by atoms with Crippen LogP contribution in [0.4, 0.5) is 0 Å². The number of hydrazone groups is 1. The molecule has 0 saturated heterocycles. The molecule has 1 aliphatic heterocycles. The van der Waals surface area contributed by atoms with Crippen LogP contribution in [0.3, 0.4) is 0 Å². The normalized spacial score (nSPS) is 13.8. The predicted molar refractivity (Wildman–Crippen MR) is 82.6 cm³/mol. The van der Waals surface area contributed by atoms with E-state index in [1.807, 2.05) is 30.3 Å². The average Bonchev–Trinajstić information content (AvgIpc) is 2.86. The number of hydrogen-bond acceptors (Lipinski definition) is 3. The highest BCUT2D eigenvalue weighted by molar-refractivity contribution is 9.10. The van der Waals surface area contributed by atoms with Crippen LogP contribution in [0, 0.1) is 0 Å². The van der Waals surface area contributed by atoms with Gasteiger partial charge in [0.25, 0.3) is 0 Å². The SMILES string of the molecule is Brc1ccc(C2=NNCc3nc4ccccc4n32)cc1. The molecule has 0 atom stereocenters. The second kappa shape index (κ2) is 4.45. The van der Waals surface area contributed by atoms with Crippen molar-refractivity contribution in [2.45, 2.75) is 6.54 Å². The number of para-hydroxylation sites is 2. The smallest absolute Gasteiger partial charge is 0.165 e. The summed E-state index contributed by atoms with van der Waals surface area (Å²) in [5, 5.41) is 4.47. The summed E-state index contributed by atoms with van der Waals surface area (Å²) in [6.45, 7) is 0.648. The maximum atomic E-state index is 4.66. The van der Waals surface area contributed by atoms with Gasteiger partial charge in [-0.2, -0.15) is 5.10 Å². The molecule has 4 rings (SSSR count). The van der Waals surface area contributed by atoms with Crippen LogP contribution in [0.5, 0.6) is 0 Å². The van der Waals surface area contributed by atoms with Crippen LogP contribution in [0.25, 0.3) is 11.0 Å². The fourth-order valence-electron chi connectivity index (χ4n) is 2.46. The van der Waals surface area contributed by atoms with Crippen molar-refractivity contribution in [1.29, 1.82) is 0 Å². The standard InChI is InChI=1S/C15H11BrN4/c16-11-7-5-10(6-8-11)15-19-17-9-14-18-12-3-1-2-4-13(12)20(14)15/h1-8,17H,9H2. The molecule has 20 heavy (non-hydrogen) atoms. The van der Waals surface area contributed by atoms with E-state index in [1.165, 1.54) is 0 Å². The lowest BCUT2D eigenvalue weighted by Crippen LogP contribution is -2.27. The summed E-state index contributed by atoms with van der Waals surface area (Å²) in [4.78, 5) is 4.66. The minimum Gasteiger partial charge on any atom is -0.300 e. The van der Waals surface area contributed by atoms with Crippen LogP contribution in [-0.2, 0) is 6.54 Å². The van der Waals surface area contributed by atoms with Crippen molar-refractivity contribution in [3.8, 4) is 0 Å². The van der Waals surface area contributed by atoms with Crippen molar-refractivity contribution in [2.75, 3.05) is 0 Å². The van der Waals surface area contributed by atoms with E-state index >= 15 is 0 Å².